The third kappa shape index (κ3) is 4.36. The van der Waals surface area contributed by atoms with Crippen LogP contribution in [0, 0.1) is 0 Å². The van der Waals surface area contributed by atoms with E-state index >= 15 is 0 Å². The highest BCUT2D eigenvalue weighted by Gasteiger charge is 2.13. The molecule has 0 saturated carbocycles. The second-order valence-corrected chi connectivity index (χ2v) is 7.20. The summed E-state index contributed by atoms with van der Waals surface area (Å²) in [6.07, 6.45) is 12.1. The van der Waals surface area contributed by atoms with Gasteiger partial charge in [-0.3, -0.25) is 0 Å². The summed E-state index contributed by atoms with van der Waals surface area (Å²) in [6.45, 7) is 4.00. The molecule has 0 unspecified atom stereocenters. The van der Waals surface area contributed by atoms with Crippen molar-refractivity contribution in [3.63, 3.8) is 0 Å². The zero-order chi connectivity index (χ0) is 20.8. The van der Waals surface area contributed by atoms with Crippen molar-refractivity contribution in [2.75, 3.05) is 5.32 Å². The summed E-state index contributed by atoms with van der Waals surface area (Å²) in [5.41, 5.74) is 9.96. The fourth-order valence-corrected chi connectivity index (χ4v) is 3.80. The van der Waals surface area contributed by atoms with E-state index in [0.29, 0.717) is 0 Å². The Labute approximate surface area is 179 Å². The van der Waals surface area contributed by atoms with Crippen LogP contribution in [0.25, 0.3) is 22.8 Å². The van der Waals surface area contributed by atoms with Crippen LogP contribution < -0.4 is 5.32 Å². The number of hydrogen-bond acceptors (Lipinski definition) is 1. The van der Waals surface area contributed by atoms with E-state index in [9.17, 15) is 0 Å². The Balaban J connectivity index is 0.00000106. The maximum absolute atomic E-state index is 3.58. The average Bonchev–Trinajstić information content (AvgIpc) is 3.13. The van der Waals surface area contributed by atoms with Crippen molar-refractivity contribution in [1.82, 2.24) is 0 Å². The van der Waals surface area contributed by atoms with Crippen LogP contribution >= 0.6 is 0 Å². The molecular formula is C29H27N. The zero-order valence-corrected chi connectivity index (χ0v) is 17.6. The van der Waals surface area contributed by atoms with Crippen molar-refractivity contribution in [3.8, 4) is 11.1 Å². The van der Waals surface area contributed by atoms with Gasteiger partial charge in [0.05, 0.1) is 0 Å². The normalized spacial score (nSPS) is 14.0. The van der Waals surface area contributed by atoms with Gasteiger partial charge in [-0.15, -0.1) is 0 Å². The number of hydrogen-bond donors (Lipinski definition) is 1. The van der Waals surface area contributed by atoms with E-state index in [-0.39, 0.29) is 0 Å². The highest BCUT2D eigenvalue weighted by atomic mass is 14.9. The van der Waals surface area contributed by atoms with Crippen molar-refractivity contribution >= 4 is 17.3 Å². The first-order chi connectivity index (χ1) is 14.8. The Morgan fingerprint density at radius 1 is 0.667 bits per heavy atom. The lowest BCUT2D eigenvalue weighted by molar-refractivity contribution is 1.32. The minimum atomic E-state index is 0.960. The predicted octanol–water partition coefficient (Wildman–Crippen LogP) is 8.12. The second-order valence-electron chi connectivity index (χ2n) is 7.20. The number of rotatable bonds is 3. The Morgan fingerprint density at radius 2 is 1.37 bits per heavy atom. The molecule has 1 heteroatoms. The molecule has 2 bridgehead atoms. The molecule has 0 fully saturated rings. The van der Waals surface area contributed by atoms with Gasteiger partial charge in [-0.25, -0.2) is 0 Å². The molecule has 1 N–H and O–H groups in total. The quantitative estimate of drug-likeness (QED) is 0.477. The molecule has 0 aliphatic heterocycles. The molecule has 1 nitrogen and oxygen atoms in total. The largest absolute Gasteiger partial charge is 0.356 e. The fourth-order valence-electron chi connectivity index (χ4n) is 3.80. The molecule has 30 heavy (non-hydrogen) atoms. The van der Waals surface area contributed by atoms with E-state index < -0.39 is 0 Å². The summed E-state index contributed by atoms with van der Waals surface area (Å²) in [5.74, 6) is 0. The number of allylic oxidation sites excluding steroid dienone is 6. The summed E-state index contributed by atoms with van der Waals surface area (Å²) in [6, 6.07) is 27.7. The van der Waals surface area contributed by atoms with E-state index in [1.807, 2.05) is 19.9 Å². The van der Waals surface area contributed by atoms with Crippen molar-refractivity contribution in [2.45, 2.75) is 20.3 Å². The summed E-state index contributed by atoms with van der Waals surface area (Å²) in [5, 5.41) is 3.58. The number of nitrogens with one attached hydrogen (secondary N) is 1. The van der Waals surface area contributed by atoms with Gasteiger partial charge < -0.3 is 5.32 Å². The first-order valence-electron chi connectivity index (χ1n) is 10.7. The lowest BCUT2D eigenvalue weighted by Gasteiger charge is -2.11. The molecule has 2 aliphatic carbocycles. The Hall–Kier alpha value is -3.58. The van der Waals surface area contributed by atoms with E-state index in [2.05, 4.69) is 108 Å². The minimum Gasteiger partial charge on any atom is -0.356 e. The highest BCUT2D eigenvalue weighted by Crippen LogP contribution is 2.33. The second kappa shape index (κ2) is 9.28. The Bertz CT molecular complexity index is 1130. The standard InChI is InChI=1S/C27H21N.C2H6/c1-2-6-21(7-3-1)22-13-16-25(17-14-22)28-26-15-11-20-10-12-23-8-4-5-9-27(23)24(18-20)19-26;1-2/h1-17,19,28H,18H2;1-2H3. The van der Waals surface area contributed by atoms with Crippen LogP contribution in [0.3, 0.4) is 0 Å². The molecule has 2 aliphatic rings. The summed E-state index contributed by atoms with van der Waals surface area (Å²) in [4.78, 5) is 0. The maximum Gasteiger partial charge on any atom is 0.0387 e. The van der Waals surface area contributed by atoms with Crippen molar-refractivity contribution in [2.24, 2.45) is 0 Å². The lowest BCUT2D eigenvalue weighted by Crippen LogP contribution is -1.98. The smallest absolute Gasteiger partial charge is 0.0387 e. The van der Waals surface area contributed by atoms with Gasteiger partial charge >= 0.3 is 0 Å². The molecule has 0 amide bonds. The van der Waals surface area contributed by atoms with Gasteiger partial charge in [0.2, 0.25) is 0 Å². The number of benzene rings is 3. The lowest BCUT2D eigenvalue weighted by atomic mass is 9.97. The van der Waals surface area contributed by atoms with Gasteiger partial charge in [-0.05, 0) is 64.1 Å². The highest BCUT2D eigenvalue weighted by molar-refractivity contribution is 5.82. The first kappa shape index (κ1) is 19.7. The molecule has 0 heterocycles. The molecule has 0 aromatic heterocycles. The number of fused-ring (bicyclic) bond motifs is 4. The monoisotopic (exact) mass is 389 g/mol. The topological polar surface area (TPSA) is 12.0 Å². The average molecular weight is 390 g/mol. The van der Waals surface area contributed by atoms with E-state index in [4.69, 9.17) is 0 Å². The van der Waals surface area contributed by atoms with Gasteiger partial charge in [0.25, 0.3) is 0 Å². The van der Waals surface area contributed by atoms with Crippen molar-refractivity contribution < 1.29 is 0 Å². The predicted molar refractivity (Wildman–Crippen MR) is 131 cm³/mol. The molecular weight excluding hydrogens is 362 g/mol. The van der Waals surface area contributed by atoms with Crippen LogP contribution in [0.2, 0.25) is 0 Å². The first-order valence-corrected chi connectivity index (χ1v) is 10.7. The van der Waals surface area contributed by atoms with Gasteiger partial charge in [0.1, 0.15) is 0 Å². The molecule has 3 aromatic rings. The SMILES string of the molecule is C1=Cc2ccccc2C2=CC(Nc3ccc(-c4ccccc4)cc3)=CC=C1C2.CC. The zero-order valence-electron chi connectivity index (χ0n) is 17.6. The van der Waals surface area contributed by atoms with E-state index in [1.54, 1.807) is 0 Å². The minimum absolute atomic E-state index is 0.960. The Kier molecular flexibility index (Phi) is 6.10. The van der Waals surface area contributed by atoms with Gasteiger partial charge in [-0.1, -0.05) is 98.8 Å². The van der Waals surface area contributed by atoms with Crippen LogP contribution in [0.4, 0.5) is 5.69 Å². The summed E-state index contributed by atoms with van der Waals surface area (Å²) >= 11 is 0. The third-order valence-electron chi connectivity index (χ3n) is 5.27. The van der Waals surface area contributed by atoms with Crippen molar-refractivity contribution in [1.29, 1.82) is 0 Å². The van der Waals surface area contributed by atoms with Crippen LogP contribution in [0.5, 0.6) is 0 Å². The molecule has 0 saturated heterocycles. The molecule has 5 rings (SSSR count). The van der Waals surface area contributed by atoms with Gasteiger partial charge in [-0.2, -0.15) is 0 Å². The van der Waals surface area contributed by atoms with E-state index in [1.165, 1.54) is 33.4 Å². The maximum atomic E-state index is 3.58. The fraction of sp³-hybridized carbons (Fsp3) is 0.103. The summed E-state index contributed by atoms with van der Waals surface area (Å²) < 4.78 is 0. The Morgan fingerprint density at radius 3 is 2.17 bits per heavy atom. The van der Waals surface area contributed by atoms with Gasteiger partial charge in [0, 0.05) is 11.4 Å². The molecule has 148 valence electrons. The molecule has 0 spiro atoms. The number of anilines is 1. The summed E-state index contributed by atoms with van der Waals surface area (Å²) in [7, 11) is 0. The van der Waals surface area contributed by atoms with Crippen molar-refractivity contribution in [3.05, 3.63) is 126 Å². The van der Waals surface area contributed by atoms with Crippen LogP contribution in [-0.2, 0) is 0 Å². The molecule has 0 radical (unpaired) electrons. The third-order valence-corrected chi connectivity index (χ3v) is 5.27. The van der Waals surface area contributed by atoms with Gasteiger partial charge in [0.15, 0.2) is 0 Å². The van der Waals surface area contributed by atoms with Crippen LogP contribution in [0.15, 0.2) is 114 Å². The van der Waals surface area contributed by atoms with Crippen LogP contribution in [-0.4, -0.2) is 0 Å². The van der Waals surface area contributed by atoms with Crippen LogP contribution in [0.1, 0.15) is 31.4 Å². The molecule has 0 atom stereocenters. The van der Waals surface area contributed by atoms with E-state index in [0.717, 1.165) is 17.8 Å². The molecule has 3 aromatic carbocycles.